The van der Waals surface area contributed by atoms with Crippen LogP contribution < -0.4 is 11.5 Å². The minimum absolute atomic E-state index is 0. The first-order valence-corrected chi connectivity index (χ1v) is 7.26. The Bertz CT molecular complexity index is 926. The number of rotatable bonds is 4. The molecule has 0 unspecified atom stereocenters. The maximum atomic E-state index is 10.7. The molecular weight excluding hydrogens is 354 g/mol. The van der Waals surface area contributed by atoms with E-state index in [9.17, 15) is 10.1 Å². The van der Waals surface area contributed by atoms with Crippen LogP contribution in [0.4, 0.5) is 5.69 Å². The van der Waals surface area contributed by atoms with Crippen LogP contribution in [0.3, 0.4) is 0 Å². The summed E-state index contributed by atoms with van der Waals surface area (Å²) in [5, 5.41) is 20.0. The molecule has 9 nitrogen and oxygen atoms in total. The van der Waals surface area contributed by atoms with Crippen LogP contribution in [0, 0.1) is 10.1 Å². The molecule has 0 aliphatic carbocycles. The van der Waals surface area contributed by atoms with E-state index in [2.05, 4.69) is 15.2 Å². The first-order valence-electron chi connectivity index (χ1n) is 6.38. The van der Waals surface area contributed by atoms with E-state index in [0.717, 1.165) is 10.5 Å². The number of nitro groups is 1. The van der Waals surface area contributed by atoms with Crippen molar-refractivity contribution in [1.82, 2.24) is 9.38 Å². The summed E-state index contributed by atoms with van der Waals surface area (Å²) in [4.78, 5) is 15.6. The van der Waals surface area contributed by atoms with Crippen LogP contribution in [0.2, 0.25) is 0 Å². The van der Waals surface area contributed by atoms with E-state index in [1.165, 1.54) is 29.7 Å². The third-order valence-corrected chi connectivity index (χ3v) is 3.76. The second kappa shape index (κ2) is 7.06. The van der Waals surface area contributed by atoms with Gasteiger partial charge in [-0.25, -0.2) is 4.98 Å². The van der Waals surface area contributed by atoms with Gasteiger partial charge in [0.2, 0.25) is 5.96 Å². The van der Waals surface area contributed by atoms with Crippen molar-refractivity contribution in [2.45, 2.75) is 0 Å². The van der Waals surface area contributed by atoms with Gasteiger partial charge in [-0.05, 0) is 12.1 Å². The highest BCUT2D eigenvalue weighted by atomic mass is 35.5. The maximum Gasteiger partial charge on any atom is 0.269 e. The van der Waals surface area contributed by atoms with Crippen LogP contribution in [0.1, 0.15) is 5.69 Å². The number of benzene rings is 1. The molecule has 0 saturated heterocycles. The average Bonchev–Trinajstić information content (AvgIpc) is 3.09. The lowest BCUT2D eigenvalue weighted by atomic mass is 10.1. The van der Waals surface area contributed by atoms with Gasteiger partial charge < -0.3 is 11.5 Å². The molecule has 3 rings (SSSR count). The quantitative estimate of drug-likeness (QED) is 0.315. The molecule has 3 aromatic rings. The zero-order valence-electron chi connectivity index (χ0n) is 12.1. The topological polar surface area (TPSA) is 137 Å². The van der Waals surface area contributed by atoms with Crippen molar-refractivity contribution in [3.05, 3.63) is 51.7 Å². The number of nitrogens with two attached hydrogens (primary N) is 2. The molecule has 0 radical (unpaired) electrons. The molecule has 24 heavy (non-hydrogen) atoms. The fourth-order valence-corrected chi connectivity index (χ4v) is 2.75. The lowest BCUT2D eigenvalue weighted by Crippen LogP contribution is -2.21. The molecule has 0 aliphatic rings. The Morgan fingerprint density at radius 1 is 1.33 bits per heavy atom. The standard InChI is InChI=1S/C13H11N7O2S.ClH/c14-12(15)18-16-7-10-11(17-13-19(10)5-6-23-13)8-1-3-9(4-2-8)20(21)22;/h1-7H,(H4,14,15,18);1H/b16-7+;. The van der Waals surface area contributed by atoms with Crippen LogP contribution >= 0.6 is 23.7 Å². The Hall–Kier alpha value is -2.98. The molecule has 0 amide bonds. The van der Waals surface area contributed by atoms with Crippen LogP contribution in [0.25, 0.3) is 16.2 Å². The van der Waals surface area contributed by atoms with Gasteiger partial charge in [0.05, 0.1) is 22.5 Å². The summed E-state index contributed by atoms with van der Waals surface area (Å²) in [5.74, 6) is -0.149. The average molecular weight is 366 g/mol. The van der Waals surface area contributed by atoms with Gasteiger partial charge in [0, 0.05) is 29.3 Å². The fourth-order valence-electron chi connectivity index (χ4n) is 2.03. The van der Waals surface area contributed by atoms with Crippen molar-refractivity contribution >= 4 is 46.6 Å². The number of nitro benzene ring substituents is 1. The Morgan fingerprint density at radius 2 is 2.04 bits per heavy atom. The summed E-state index contributed by atoms with van der Waals surface area (Å²) in [5.41, 5.74) is 12.6. The van der Waals surface area contributed by atoms with Crippen molar-refractivity contribution < 1.29 is 4.92 Å². The molecular formula is C13H12ClN7O2S. The van der Waals surface area contributed by atoms with Crippen molar-refractivity contribution in [3.8, 4) is 11.3 Å². The zero-order chi connectivity index (χ0) is 16.4. The van der Waals surface area contributed by atoms with E-state index in [0.29, 0.717) is 11.4 Å². The number of non-ortho nitro benzene ring substituents is 1. The van der Waals surface area contributed by atoms with Gasteiger partial charge in [-0.1, -0.05) is 0 Å². The molecule has 0 fully saturated rings. The third-order valence-electron chi connectivity index (χ3n) is 3.00. The highest BCUT2D eigenvalue weighted by Crippen LogP contribution is 2.27. The van der Waals surface area contributed by atoms with Gasteiger partial charge >= 0.3 is 0 Å². The van der Waals surface area contributed by atoms with E-state index in [4.69, 9.17) is 11.5 Å². The van der Waals surface area contributed by atoms with Crippen LogP contribution in [-0.2, 0) is 0 Å². The highest BCUT2D eigenvalue weighted by Gasteiger charge is 2.14. The Morgan fingerprint density at radius 3 is 2.67 bits per heavy atom. The zero-order valence-corrected chi connectivity index (χ0v) is 13.7. The normalized spacial score (nSPS) is 10.7. The van der Waals surface area contributed by atoms with Gasteiger partial charge in [0.25, 0.3) is 5.69 Å². The van der Waals surface area contributed by atoms with E-state index in [1.807, 2.05) is 16.0 Å². The number of hydrogen-bond acceptors (Lipinski definition) is 6. The number of guanidine groups is 1. The van der Waals surface area contributed by atoms with Gasteiger partial charge in [-0.15, -0.1) is 28.8 Å². The monoisotopic (exact) mass is 365 g/mol. The largest absolute Gasteiger partial charge is 0.369 e. The Kier molecular flexibility index (Phi) is 5.11. The summed E-state index contributed by atoms with van der Waals surface area (Å²) in [7, 11) is 0. The number of hydrogen-bond donors (Lipinski definition) is 2. The second-order valence-corrected chi connectivity index (χ2v) is 5.35. The van der Waals surface area contributed by atoms with Crippen molar-refractivity contribution in [2.75, 3.05) is 0 Å². The fraction of sp³-hybridized carbons (Fsp3) is 0. The minimum atomic E-state index is -0.448. The smallest absolute Gasteiger partial charge is 0.269 e. The molecule has 11 heteroatoms. The molecule has 0 aliphatic heterocycles. The van der Waals surface area contributed by atoms with Gasteiger partial charge in [-0.3, -0.25) is 14.5 Å². The first kappa shape index (κ1) is 17.4. The summed E-state index contributed by atoms with van der Waals surface area (Å²) < 4.78 is 1.84. The minimum Gasteiger partial charge on any atom is -0.369 e. The summed E-state index contributed by atoms with van der Waals surface area (Å²) >= 11 is 1.46. The van der Waals surface area contributed by atoms with Crippen LogP contribution in [0.15, 0.2) is 46.0 Å². The predicted octanol–water partition coefficient (Wildman–Crippen LogP) is 2.00. The number of nitrogens with zero attached hydrogens (tertiary/aromatic N) is 5. The number of fused-ring (bicyclic) bond motifs is 1. The highest BCUT2D eigenvalue weighted by molar-refractivity contribution is 7.15. The molecule has 124 valence electrons. The molecule has 4 N–H and O–H groups in total. The summed E-state index contributed by atoms with van der Waals surface area (Å²) in [6, 6.07) is 6.14. The number of thiazole rings is 1. The SMILES string of the molecule is Cl.NC(N)=N/N=C/c1c(-c2ccc([N+](=O)[O-])cc2)nc2sccn12. The molecule has 0 atom stereocenters. The van der Waals surface area contributed by atoms with Crippen LogP contribution in [0.5, 0.6) is 0 Å². The van der Waals surface area contributed by atoms with Crippen LogP contribution in [-0.4, -0.2) is 26.5 Å². The van der Waals surface area contributed by atoms with Crippen molar-refractivity contribution in [3.63, 3.8) is 0 Å². The molecule has 0 spiro atoms. The molecule has 0 bridgehead atoms. The lowest BCUT2D eigenvalue weighted by molar-refractivity contribution is -0.384. The Balaban J connectivity index is 0.00000208. The number of aromatic nitrogens is 2. The molecule has 0 saturated carbocycles. The summed E-state index contributed by atoms with van der Waals surface area (Å²) in [6.07, 6.45) is 3.34. The van der Waals surface area contributed by atoms with E-state index >= 15 is 0 Å². The number of halogens is 1. The third kappa shape index (κ3) is 3.34. The van der Waals surface area contributed by atoms with Gasteiger partial charge in [0.15, 0.2) is 4.96 Å². The van der Waals surface area contributed by atoms with Gasteiger partial charge in [-0.2, -0.15) is 5.10 Å². The summed E-state index contributed by atoms with van der Waals surface area (Å²) in [6.45, 7) is 0. The molecule has 2 aromatic heterocycles. The maximum absolute atomic E-state index is 10.7. The second-order valence-electron chi connectivity index (χ2n) is 4.47. The molecule has 1 aromatic carbocycles. The van der Waals surface area contributed by atoms with E-state index in [-0.39, 0.29) is 24.1 Å². The first-order chi connectivity index (χ1) is 11.1. The van der Waals surface area contributed by atoms with Crippen molar-refractivity contribution in [1.29, 1.82) is 0 Å². The lowest BCUT2D eigenvalue weighted by Gasteiger charge is -1.99. The number of imidazole rings is 1. The van der Waals surface area contributed by atoms with Crippen molar-refractivity contribution in [2.24, 2.45) is 21.7 Å². The van der Waals surface area contributed by atoms with Gasteiger partial charge in [0.1, 0.15) is 0 Å². The molecule has 2 heterocycles. The van der Waals surface area contributed by atoms with E-state index in [1.54, 1.807) is 12.1 Å². The van der Waals surface area contributed by atoms with E-state index < -0.39 is 4.92 Å². The Labute approximate surface area is 145 Å². The predicted molar refractivity (Wildman–Crippen MR) is 95.8 cm³/mol.